The molecular formula is C8H6BrN2O2+. The molecule has 1 aromatic rings. The van der Waals surface area contributed by atoms with Crippen LogP contribution in [0.5, 0.6) is 5.75 Å². The number of quaternary nitrogens is 1. The van der Waals surface area contributed by atoms with Crippen LogP contribution in [0.1, 0.15) is 10.4 Å². The normalized spacial score (nSPS) is 14.4. The molecule has 13 heavy (non-hydrogen) atoms. The number of halogens is 1. The van der Waals surface area contributed by atoms with Crippen LogP contribution in [0.3, 0.4) is 0 Å². The van der Waals surface area contributed by atoms with Crippen LogP contribution in [0, 0.1) is 0 Å². The first-order valence-corrected chi connectivity index (χ1v) is 4.42. The number of aromatic hydroxyl groups is 1. The highest BCUT2D eigenvalue weighted by molar-refractivity contribution is 9.10. The van der Waals surface area contributed by atoms with Gasteiger partial charge >= 0.3 is 5.91 Å². The molecule has 0 atom stereocenters. The van der Waals surface area contributed by atoms with Gasteiger partial charge in [-0.2, -0.15) is 0 Å². The summed E-state index contributed by atoms with van der Waals surface area (Å²) in [6.45, 7) is 0. The molecule has 1 aliphatic heterocycles. The van der Waals surface area contributed by atoms with E-state index in [-0.39, 0.29) is 17.2 Å². The van der Waals surface area contributed by atoms with E-state index in [2.05, 4.69) is 20.9 Å². The third-order valence-electron chi connectivity index (χ3n) is 1.75. The Kier molecular flexibility index (Phi) is 1.90. The molecule has 5 heteroatoms. The number of nitrogens with zero attached hydrogens (tertiary/aromatic N) is 1. The van der Waals surface area contributed by atoms with Crippen LogP contribution in [-0.2, 0) is 0 Å². The average Bonchev–Trinajstić information content (AvgIpc) is 2.02. The summed E-state index contributed by atoms with van der Waals surface area (Å²) < 4.78 is 0.704. The van der Waals surface area contributed by atoms with E-state index < -0.39 is 0 Å². The van der Waals surface area contributed by atoms with Gasteiger partial charge in [0, 0.05) is 4.47 Å². The lowest BCUT2D eigenvalue weighted by molar-refractivity contribution is -0.421. The SMILES string of the molecule is O=C1[NH2+]C=Nc2cc(Br)cc(O)c21. The molecule has 0 saturated carbocycles. The van der Waals surface area contributed by atoms with E-state index in [0.717, 1.165) is 0 Å². The van der Waals surface area contributed by atoms with Crippen molar-refractivity contribution in [2.75, 3.05) is 0 Å². The zero-order chi connectivity index (χ0) is 9.42. The van der Waals surface area contributed by atoms with E-state index in [9.17, 15) is 9.90 Å². The largest absolute Gasteiger partial charge is 0.507 e. The maximum absolute atomic E-state index is 11.3. The van der Waals surface area contributed by atoms with Gasteiger partial charge in [-0.05, 0) is 12.1 Å². The van der Waals surface area contributed by atoms with Crippen LogP contribution < -0.4 is 5.32 Å². The summed E-state index contributed by atoms with van der Waals surface area (Å²) >= 11 is 3.21. The molecule has 0 unspecified atom stereocenters. The Morgan fingerprint density at radius 2 is 2.23 bits per heavy atom. The van der Waals surface area contributed by atoms with Crippen molar-refractivity contribution >= 4 is 33.9 Å². The minimum absolute atomic E-state index is 0.0394. The Hall–Kier alpha value is -1.20. The van der Waals surface area contributed by atoms with E-state index in [0.29, 0.717) is 10.2 Å². The second-order valence-electron chi connectivity index (χ2n) is 2.63. The quantitative estimate of drug-likeness (QED) is 0.696. The first kappa shape index (κ1) is 8.40. The minimum atomic E-state index is -0.213. The molecule has 0 radical (unpaired) electrons. The Balaban J connectivity index is 2.71. The number of hydrogen-bond acceptors (Lipinski definition) is 3. The van der Waals surface area contributed by atoms with Crippen molar-refractivity contribution in [2.45, 2.75) is 0 Å². The third kappa shape index (κ3) is 1.36. The molecule has 0 bridgehead atoms. The predicted molar refractivity (Wildman–Crippen MR) is 50.2 cm³/mol. The molecule has 3 N–H and O–H groups in total. The first-order valence-electron chi connectivity index (χ1n) is 3.63. The van der Waals surface area contributed by atoms with Gasteiger partial charge < -0.3 is 5.11 Å². The lowest BCUT2D eigenvalue weighted by Gasteiger charge is -2.07. The van der Waals surface area contributed by atoms with E-state index in [1.165, 1.54) is 17.7 Å². The van der Waals surface area contributed by atoms with Crippen LogP contribution in [0.25, 0.3) is 0 Å². The van der Waals surface area contributed by atoms with Crippen LogP contribution in [0.15, 0.2) is 21.6 Å². The van der Waals surface area contributed by atoms with E-state index >= 15 is 0 Å². The number of aliphatic imine (C=N–C) groups is 1. The van der Waals surface area contributed by atoms with Crippen LogP contribution in [0.2, 0.25) is 0 Å². The summed E-state index contributed by atoms with van der Waals surface area (Å²) in [5.74, 6) is -0.252. The number of nitrogens with two attached hydrogens (primary N) is 1. The lowest BCUT2D eigenvalue weighted by Crippen LogP contribution is -2.87. The summed E-state index contributed by atoms with van der Waals surface area (Å²) in [6, 6.07) is 3.17. The van der Waals surface area contributed by atoms with Crippen molar-refractivity contribution in [1.82, 2.24) is 0 Å². The highest BCUT2D eigenvalue weighted by Gasteiger charge is 2.23. The van der Waals surface area contributed by atoms with Gasteiger partial charge in [0.15, 0.2) is 6.34 Å². The molecular weight excluding hydrogens is 236 g/mol. The number of hydrogen-bond donors (Lipinski definition) is 2. The highest BCUT2D eigenvalue weighted by Crippen LogP contribution is 2.32. The van der Waals surface area contributed by atoms with Gasteiger partial charge in [-0.3, -0.25) is 0 Å². The maximum atomic E-state index is 11.3. The van der Waals surface area contributed by atoms with Crippen molar-refractivity contribution in [3.63, 3.8) is 0 Å². The summed E-state index contributed by atoms with van der Waals surface area (Å²) in [7, 11) is 0. The second-order valence-corrected chi connectivity index (χ2v) is 3.54. The molecule has 1 aliphatic rings. The lowest BCUT2D eigenvalue weighted by atomic mass is 10.1. The van der Waals surface area contributed by atoms with Gasteiger partial charge in [-0.1, -0.05) is 15.9 Å². The standard InChI is InChI=1S/C8H5BrN2O2/c9-4-1-5-7(6(12)2-4)8(13)11-3-10-5/h1-3,12H,(H,10,11,13)/p+1. The van der Waals surface area contributed by atoms with E-state index in [4.69, 9.17) is 0 Å². The average molecular weight is 242 g/mol. The second kappa shape index (κ2) is 2.93. The monoisotopic (exact) mass is 241 g/mol. The zero-order valence-corrected chi connectivity index (χ0v) is 8.08. The van der Waals surface area contributed by atoms with E-state index in [1.54, 1.807) is 6.07 Å². The van der Waals surface area contributed by atoms with Crippen LogP contribution in [-0.4, -0.2) is 17.4 Å². The van der Waals surface area contributed by atoms with Gasteiger partial charge in [-0.25, -0.2) is 15.1 Å². The summed E-state index contributed by atoms with van der Waals surface area (Å²) in [5, 5.41) is 10.8. The molecule has 1 heterocycles. The molecule has 0 saturated heterocycles. The first-order chi connectivity index (χ1) is 6.18. The summed E-state index contributed by atoms with van der Waals surface area (Å²) in [4.78, 5) is 15.3. The number of primary amides is 1. The fourth-order valence-electron chi connectivity index (χ4n) is 1.20. The fourth-order valence-corrected chi connectivity index (χ4v) is 1.63. The molecule has 0 spiro atoms. The van der Waals surface area contributed by atoms with Gasteiger partial charge in [0.1, 0.15) is 11.3 Å². The Bertz CT molecular complexity index is 415. The van der Waals surface area contributed by atoms with Gasteiger partial charge in [0.05, 0.1) is 5.69 Å². The topological polar surface area (TPSA) is 66.3 Å². The van der Waals surface area contributed by atoms with Crippen molar-refractivity contribution in [3.8, 4) is 5.75 Å². The predicted octanol–water partition coefficient (Wildman–Crippen LogP) is 0.532. The van der Waals surface area contributed by atoms with Crippen molar-refractivity contribution in [2.24, 2.45) is 4.99 Å². The van der Waals surface area contributed by atoms with Crippen molar-refractivity contribution in [1.29, 1.82) is 0 Å². The zero-order valence-electron chi connectivity index (χ0n) is 6.49. The Morgan fingerprint density at radius 3 is 3.00 bits per heavy atom. The molecule has 1 amide bonds. The maximum Gasteiger partial charge on any atom is 0.354 e. The van der Waals surface area contributed by atoms with Crippen LogP contribution in [0.4, 0.5) is 5.69 Å². The molecule has 4 nitrogen and oxygen atoms in total. The summed E-state index contributed by atoms with van der Waals surface area (Å²) in [5.41, 5.74) is 0.769. The number of phenols is 1. The van der Waals surface area contributed by atoms with Crippen LogP contribution >= 0.6 is 15.9 Å². The van der Waals surface area contributed by atoms with Crippen molar-refractivity contribution < 1.29 is 15.2 Å². The number of carbonyl (C=O) groups is 1. The minimum Gasteiger partial charge on any atom is -0.507 e. The fraction of sp³-hybridized carbons (Fsp3) is 0. The molecule has 0 fully saturated rings. The Morgan fingerprint density at radius 1 is 1.46 bits per heavy atom. The van der Waals surface area contributed by atoms with E-state index in [1.807, 2.05) is 0 Å². The molecule has 66 valence electrons. The highest BCUT2D eigenvalue weighted by atomic mass is 79.9. The molecule has 0 aromatic heterocycles. The number of amides is 1. The smallest absolute Gasteiger partial charge is 0.354 e. The summed E-state index contributed by atoms with van der Waals surface area (Å²) in [6.07, 6.45) is 1.43. The number of fused-ring (bicyclic) bond motifs is 1. The molecule has 1 aromatic carbocycles. The van der Waals surface area contributed by atoms with Gasteiger partial charge in [0.25, 0.3) is 0 Å². The number of carbonyl (C=O) groups excluding carboxylic acids is 1. The number of rotatable bonds is 0. The third-order valence-corrected chi connectivity index (χ3v) is 2.21. The van der Waals surface area contributed by atoms with Gasteiger partial charge in [0.2, 0.25) is 0 Å². The molecule has 2 rings (SSSR count). The molecule has 0 aliphatic carbocycles. The Labute approximate surface area is 82.4 Å². The number of benzene rings is 1. The van der Waals surface area contributed by atoms with Gasteiger partial charge in [-0.15, -0.1) is 0 Å². The van der Waals surface area contributed by atoms with Crippen molar-refractivity contribution in [3.05, 3.63) is 22.2 Å².